The lowest BCUT2D eigenvalue weighted by atomic mass is 10.1. The number of aryl methyl sites for hydroxylation is 1. The number of anilines is 2. The van der Waals surface area contributed by atoms with E-state index < -0.39 is 20.0 Å². The highest BCUT2D eigenvalue weighted by molar-refractivity contribution is 7.92. The van der Waals surface area contributed by atoms with Crippen molar-refractivity contribution in [3.63, 3.8) is 0 Å². The van der Waals surface area contributed by atoms with Crippen molar-refractivity contribution in [3.8, 4) is 5.75 Å². The van der Waals surface area contributed by atoms with Gasteiger partial charge in [-0.05, 0) is 48.4 Å². The molecular weight excluding hydrogens is 376 g/mol. The van der Waals surface area contributed by atoms with Crippen LogP contribution < -0.4 is 13.8 Å². The molecule has 0 aromatic heterocycles. The molecule has 0 aliphatic rings. The number of sulfonamides is 2. The maximum Gasteiger partial charge on any atom is 0.261 e. The minimum atomic E-state index is -3.82. The largest absolute Gasteiger partial charge is 0.496 e. The van der Waals surface area contributed by atoms with Crippen LogP contribution in [0.1, 0.15) is 12.5 Å². The number of rotatable bonds is 7. The van der Waals surface area contributed by atoms with Gasteiger partial charge in [-0.25, -0.2) is 16.8 Å². The first-order valence-electron chi connectivity index (χ1n) is 7.82. The summed E-state index contributed by atoms with van der Waals surface area (Å²) in [5.41, 5.74) is 1.41. The predicted molar refractivity (Wildman–Crippen MR) is 103 cm³/mol. The van der Waals surface area contributed by atoms with Crippen molar-refractivity contribution in [2.75, 3.05) is 29.4 Å². The molecule has 2 aromatic rings. The van der Waals surface area contributed by atoms with Crippen molar-refractivity contribution in [2.45, 2.75) is 18.2 Å². The lowest BCUT2D eigenvalue weighted by Gasteiger charge is -2.18. The van der Waals surface area contributed by atoms with Crippen LogP contribution in [-0.2, 0) is 26.5 Å². The number of nitrogens with one attached hydrogen (secondary N) is 1. The van der Waals surface area contributed by atoms with Crippen LogP contribution in [0.5, 0.6) is 5.75 Å². The Balaban J connectivity index is 2.36. The van der Waals surface area contributed by atoms with Gasteiger partial charge in [-0.2, -0.15) is 0 Å². The number of hydrogen-bond donors (Lipinski definition) is 1. The monoisotopic (exact) mass is 398 g/mol. The standard InChI is InChI=1S/C17H22N2O5S2/c1-5-13-11-16(9-10-17(13)24-3)26(22,23)18-14-7-6-8-15(12-14)19(2)25(4,20)21/h6-12,18H,5H2,1-4H3. The minimum Gasteiger partial charge on any atom is -0.496 e. The Morgan fingerprint density at radius 1 is 1.08 bits per heavy atom. The molecule has 0 radical (unpaired) electrons. The summed E-state index contributed by atoms with van der Waals surface area (Å²) in [7, 11) is -4.33. The Labute approximate surface area is 154 Å². The summed E-state index contributed by atoms with van der Waals surface area (Å²) in [6.45, 7) is 1.91. The summed E-state index contributed by atoms with van der Waals surface area (Å²) in [5.74, 6) is 0.628. The number of benzene rings is 2. The third-order valence-corrected chi connectivity index (χ3v) is 6.49. The van der Waals surface area contributed by atoms with E-state index in [-0.39, 0.29) is 10.6 Å². The highest BCUT2D eigenvalue weighted by Gasteiger charge is 2.18. The predicted octanol–water partition coefficient (Wildman–Crippen LogP) is 2.45. The Morgan fingerprint density at radius 2 is 1.77 bits per heavy atom. The zero-order chi connectivity index (χ0) is 19.5. The van der Waals surface area contributed by atoms with Crippen molar-refractivity contribution in [1.82, 2.24) is 0 Å². The van der Waals surface area contributed by atoms with Gasteiger partial charge in [0.05, 0.1) is 29.6 Å². The van der Waals surface area contributed by atoms with Gasteiger partial charge in [0.1, 0.15) is 5.75 Å². The lowest BCUT2D eigenvalue weighted by molar-refractivity contribution is 0.409. The first-order chi connectivity index (χ1) is 12.1. The van der Waals surface area contributed by atoms with Gasteiger partial charge in [-0.3, -0.25) is 9.03 Å². The van der Waals surface area contributed by atoms with E-state index in [1.54, 1.807) is 30.3 Å². The maximum absolute atomic E-state index is 12.7. The van der Waals surface area contributed by atoms with E-state index in [0.29, 0.717) is 17.9 Å². The molecule has 0 aliphatic carbocycles. The molecule has 0 aliphatic heterocycles. The molecule has 0 atom stereocenters. The van der Waals surface area contributed by atoms with Crippen LogP contribution in [0.4, 0.5) is 11.4 Å². The highest BCUT2D eigenvalue weighted by Crippen LogP contribution is 2.26. The van der Waals surface area contributed by atoms with Crippen molar-refractivity contribution in [1.29, 1.82) is 0 Å². The fraction of sp³-hybridized carbons (Fsp3) is 0.294. The number of ether oxygens (including phenoxy) is 1. The van der Waals surface area contributed by atoms with Crippen LogP contribution in [0.2, 0.25) is 0 Å². The van der Waals surface area contributed by atoms with Crippen molar-refractivity contribution in [2.24, 2.45) is 0 Å². The van der Waals surface area contributed by atoms with Gasteiger partial charge in [0.15, 0.2) is 0 Å². The van der Waals surface area contributed by atoms with Crippen LogP contribution in [0, 0.1) is 0 Å². The van der Waals surface area contributed by atoms with Crippen LogP contribution in [-0.4, -0.2) is 37.2 Å². The second-order valence-corrected chi connectivity index (χ2v) is 9.41. The van der Waals surface area contributed by atoms with Gasteiger partial charge in [-0.1, -0.05) is 13.0 Å². The molecule has 9 heteroatoms. The van der Waals surface area contributed by atoms with Crippen LogP contribution >= 0.6 is 0 Å². The molecule has 26 heavy (non-hydrogen) atoms. The van der Waals surface area contributed by atoms with Crippen LogP contribution in [0.15, 0.2) is 47.4 Å². The Kier molecular flexibility index (Phi) is 5.82. The average Bonchev–Trinajstić information content (AvgIpc) is 2.59. The van der Waals surface area contributed by atoms with Crippen molar-refractivity contribution < 1.29 is 21.6 Å². The second-order valence-electron chi connectivity index (χ2n) is 5.71. The minimum absolute atomic E-state index is 0.108. The van der Waals surface area contributed by atoms with E-state index in [0.717, 1.165) is 16.1 Å². The molecule has 142 valence electrons. The van der Waals surface area contributed by atoms with E-state index >= 15 is 0 Å². The van der Waals surface area contributed by atoms with Crippen molar-refractivity contribution >= 4 is 31.4 Å². The van der Waals surface area contributed by atoms with Gasteiger partial charge in [-0.15, -0.1) is 0 Å². The SMILES string of the molecule is CCc1cc(S(=O)(=O)Nc2cccc(N(C)S(C)(=O)=O)c2)ccc1OC. The average molecular weight is 399 g/mol. The molecule has 0 fully saturated rings. The molecule has 0 saturated carbocycles. The number of methoxy groups -OCH3 is 1. The van der Waals surface area contributed by atoms with Crippen LogP contribution in [0.25, 0.3) is 0 Å². The summed E-state index contributed by atoms with van der Waals surface area (Å²) < 4.78 is 57.4. The first-order valence-corrected chi connectivity index (χ1v) is 11.2. The van der Waals surface area contributed by atoms with Gasteiger partial charge in [0.25, 0.3) is 10.0 Å². The topological polar surface area (TPSA) is 92.8 Å². The van der Waals surface area contributed by atoms with E-state index in [1.165, 1.54) is 26.3 Å². The molecule has 2 aromatic carbocycles. The molecule has 0 bridgehead atoms. The van der Waals surface area contributed by atoms with E-state index in [4.69, 9.17) is 4.74 Å². The highest BCUT2D eigenvalue weighted by atomic mass is 32.2. The number of nitrogens with zero attached hydrogens (tertiary/aromatic N) is 1. The van der Waals surface area contributed by atoms with Crippen molar-refractivity contribution in [3.05, 3.63) is 48.0 Å². The molecular formula is C17H22N2O5S2. The lowest BCUT2D eigenvalue weighted by Crippen LogP contribution is -2.24. The van der Waals surface area contributed by atoms with Gasteiger partial charge >= 0.3 is 0 Å². The van der Waals surface area contributed by atoms with Gasteiger partial charge < -0.3 is 4.74 Å². The molecule has 0 unspecified atom stereocenters. The third kappa shape index (κ3) is 4.47. The molecule has 0 spiro atoms. The second kappa shape index (κ2) is 7.55. The third-order valence-electron chi connectivity index (χ3n) is 3.90. The number of hydrogen-bond acceptors (Lipinski definition) is 5. The molecule has 1 N–H and O–H groups in total. The molecule has 2 rings (SSSR count). The summed E-state index contributed by atoms with van der Waals surface area (Å²) in [6, 6.07) is 10.8. The zero-order valence-corrected chi connectivity index (χ0v) is 16.7. The Bertz CT molecular complexity index is 1000. The fourth-order valence-corrected chi connectivity index (χ4v) is 3.97. The first kappa shape index (κ1) is 20.1. The summed E-state index contributed by atoms with van der Waals surface area (Å²) >= 11 is 0. The normalized spacial score (nSPS) is 11.8. The van der Waals surface area contributed by atoms with Gasteiger partial charge in [0, 0.05) is 7.05 Å². The fourth-order valence-electron chi connectivity index (χ4n) is 2.37. The summed E-state index contributed by atoms with van der Waals surface area (Å²) in [5, 5.41) is 0. The molecule has 0 amide bonds. The van der Waals surface area contributed by atoms with E-state index in [1.807, 2.05) is 6.92 Å². The molecule has 0 heterocycles. The van der Waals surface area contributed by atoms with E-state index in [2.05, 4.69) is 4.72 Å². The summed E-state index contributed by atoms with van der Waals surface area (Å²) in [4.78, 5) is 0.108. The molecule has 7 nitrogen and oxygen atoms in total. The van der Waals surface area contributed by atoms with E-state index in [9.17, 15) is 16.8 Å². The summed E-state index contributed by atoms with van der Waals surface area (Å²) in [6.07, 6.45) is 1.70. The zero-order valence-electron chi connectivity index (χ0n) is 15.1. The smallest absolute Gasteiger partial charge is 0.261 e. The Morgan fingerprint density at radius 3 is 2.35 bits per heavy atom. The maximum atomic E-state index is 12.7. The Hall–Kier alpha value is -2.26. The van der Waals surface area contributed by atoms with Gasteiger partial charge in [0.2, 0.25) is 10.0 Å². The van der Waals surface area contributed by atoms with Crippen LogP contribution in [0.3, 0.4) is 0 Å². The quantitative estimate of drug-likeness (QED) is 0.773. The molecule has 0 saturated heterocycles.